The molecule has 2 atom stereocenters. The smallest absolute Gasteiger partial charge is 0.264 e. The monoisotopic (exact) mass is 437 g/mol. The predicted octanol–water partition coefficient (Wildman–Crippen LogP) is 5.28. The summed E-state index contributed by atoms with van der Waals surface area (Å²) in [6.07, 6.45) is 2.08. The van der Waals surface area contributed by atoms with Crippen molar-refractivity contribution in [1.82, 2.24) is 0 Å². The maximum atomic E-state index is 13.2. The number of ether oxygens (including phenoxy) is 1. The molecule has 0 radical (unpaired) electrons. The summed E-state index contributed by atoms with van der Waals surface area (Å²) in [7, 11) is 0. The lowest BCUT2D eigenvalue weighted by molar-refractivity contribution is 0.190. The third kappa shape index (κ3) is 4.70. The molecule has 1 saturated heterocycles. The molecule has 0 saturated carbocycles. The lowest BCUT2D eigenvalue weighted by Crippen LogP contribution is -2.29. The van der Waals surface area contributed by atoms with Crippen LogP contribution >= 0.6 is 12.2 Å². The Morgan fingerprint density at radius 3 is 2.35 bits per heavy atom. The molecular formula is C25H24FNO3S. The maximum absolute atomic E-state index is 13.2. The van der Waals surface area contributed by atoms with Gasteiger partial charge in [-0.3, -0.25) is 4.90 Å². The molecule has 2 N–H and O–H groups in total. The first-order valence-electron chi connectivity index (χ1n) is 10.3. The van der Waals surface area contributed by atoms with Crippen LogP contribution < -0.4 is 4.90 Å². The maximum Gasteiger partial charge on any atom is 0.264 e. The van der Waals surface area contributed by atoms with E-state index in [1.165, 1.54) is 12.1 Å². The van der Waals surface area contributed by atoms with Crippen LogP contribution in [0.15, 0.2) is 72.8 Å². The first kappa shape index (κ1) is 21.3. The van der Waals surface area contributed by atoms with E-state index >= 15 is 0 Å². The summed E-state index contributed by atoms with van der Waals surface area (Å²) in [5.74, 6) is -0.136. The lowest BCUT2D eigenvalue weighted by atomic mass is 9.94. The van der Waals surface area contributed by atoms with E-state index in [0.717, 1.165) is 24.1 Å². The van der Waals surface area contributed by atoms with E-state index in [2.05, 4.69) is 0 Å². The van der Waals surface area contributed by atoms with Gasteiger partial charge in [0, 0.05) is 11.3 Å². The van der Waals surface area contributed by atoms with E-state index in [4.69, 9.17) is 17.0 Å². The number of anilines is 1. The van der Waals surface area contributed by atoms with Gasteiger partial charge in [0.25, 0.3) is 5.17 Å². The average molecular weight is 438 g/mol. The number of rotatable bonds is 7. The van der Waals surface area contributed by atoms with Gasteiger partial charge in [-0.1, -0.05) is 42.5 Å². The second-order valence-electron chi connectivity index (χ2n) is 7.64. The van der Waals surface area contributed by atoms with Crippen molar-refractivity contribution in [2.45, 2.75) is 38.0 Å². The summed E-state index contributed by atoms with van der Waals surface area (Å²) < 4.78 is 19.3. The molecule has 1 fully saturated rings. The van der Waals surface area contributed by atoms with E-state index < -0.39 is 0 Å². The molecule has 0 bridgehead atoms. The molecule has 0 amide bonds. The van der Waals surface area contributed by atoms with Gasteiger partial charge in [0.2, 0.25) is 0 Å². The summed E-state index contributed by atoms with van der Waals surface area (Å²) in [6, 6.07) is 21.2. The summed E-state index contributed by atoms with van der Waals surface area (Å²) in [5.41, 5.74) is 3.30. The SMILES string of the molecule is OCc1ccc([C@@H]2[C@@H](CCCc3ccc(F)cc3)OC(=S)N2c2ccccc2)c(O)c1. The van der Waals surface area contributed by atoms with Gasteiger partial charge < -0.3 is 14.9 Å². The number of aliphatic hydroxyl groups is 1. The predicted molar refractivity (Wildman–Crippen MR) is 123 cm³/mol. The molecule has 0 aromatic heterocycles. The standard InChI is InChI=1S/C25H24FNO3S/c26-19-12-9-17(10-13-19)5-4-8-23-24(21-14-11-18(16-28)15-22(21)29)27(25(31)30-23)20-6-2-1-3-7-20/h1-3,6-7,9-15,23-24,28-29H,4-5,8,16H2/t23-,24-/m1/s1. The number of para-hydroxylation sites is 1. The zero-order chi connectivity index (χ0) is 21.8. The number of hydrogen-bond donors (Lipinski definition) is 2. The van der Waals surface area contributed by atoms with Crippen LogP contribution in [0, 0.1) is 5.82 Å². The Kier molecular flexibility index (Phi) is 6.49. The van der Waals surface area contributed by atoms with Gasteiger partial charge in [0.1, 0.15) is 23.7 Å². The number of nitrogens with zero attached hydrogens (tertiary/aromatic N) is 1. The number of thiocarbonyl (C=S) groups is 1. The molecule has 3 aromatic rings. The van der Waals surface area contributed by atoms with Gasteiger partial charge in [-0.2, -0.15) is 0 Å². The minimum atomic E-state index is -0.295. The highest BCUT2D eigenvalue weighted by Crippen LogP contribution is 2.42. The molecule has 0 aliphatic carbocycles. The highest BCUT2D eigenvalue weighted by molar-refractivity contribution is 7.80. The Labute approximate surface area is 186 Å². The normalized spacial score (nSPS) is 18.3. The fraction of sp³-hybridized carbons (Fsp3) is 0.240. The number of phenols is 1. The molecule has 4 rings (SSSR count). The third-order valence-electron chi connectivity index (χ3n) is 5.58. The summed E-state index contributed by atoms with van der Waals surface area (Å²) in [6.45, 7) is -0.142. The van der Waals surface area contributed by atoms with Crippen LogP contribution in [0.25, 0.3) is 0 Å². The Morgan fingerprint density at radius 2 is 1.68 bits per heavy atom. The molecule has 1 aliphatic heterocycles. The Hall–Kier alpha value is -2.96. The molecule has 6 heteroatoms. The molecule has 3 aromatic carbocycles. The van der Waals surface area contributed by atoms with Crippen LogP contribution in [0.5, 0.6) is 5.75 Å². The van der Waals surface area contributed by atoms with Crippen LogP contribution in [0.2, 0.25) is 0 Å². The Balaban J connectivity index is 1.60. The van der Waals surface area contributed by atoms with Crippen LogP contribution in [0.3, 0.4) is 0 Å². The van der Waals surface area contributed by atoms with Crippen LogP contribution in [0.1, 0.15) is 35.6 Å². The van der Waals surface area contributed by atoms with Crippen molar-refractivity contribution in [3.63, 3.8) is 0 Å². The van der Waals surface area contributed by atoms with Crippen molar-refractivity contribution < 1.29 is 19.3 Å². The summed E-state index contributed by atoms with van der Waals surface area (Å²) in [4.78, 5) is 1.94. The van der Waals surface area contributed by atoms with Crippen LogP contribution in [-0.4, -0.2) is 21.5 Å². The van der Waals surface area contributed by atoms with E-state index in [1.54, 1.807) is 24.3 Å². The first-order chi connectivity index (χ1) is 15.1. The Bertz CT molecular complexity index is 1040. The third-order valence-corrected chi connectivity index (χ3v) is 5.87. The van der Waals surface area contributed by atoms with Crippen LogP contribution in [-0.2, 0) is 17.8 Å². The average Bonchev–Trinajstić information content (AvgIpc) is 3.11. The minimum absolute atomic E-state index is 0.106. The molecule has 0 spiro atoms. The number of halogens is 1. The number of aryl methyl sites for hydroxylation is 1. The van der Waals surface area contributed by atoms with Gasteiger partial charge in [0.15, 0.2) is 0 Å². The van der Waals surface area contributed by atoms with Crippen molar-refractivity contribution in [2.75, 3.05) is 4.90 Å². The first-order valence-corrected chi connectivity index (χ1v) is 10.7. The van der Waals surface area contributed by atoms with Gasteiger partial charge in [-0.25, -0.2) is 4.39 Å². The van der Waals surface area contributed by atoms with E-state index in [1.807, 2.05) is 41.3 Å². The zero-order valence-corrected chi connectivity index (χ0v) is 17.8. The summed E-state index contributed by atoms with van der Waals surface area (Å²) in [5, 5.41) is 20.5. The molecule has 4 nitrogen and oxygen atoms in total. The molecule has 1 aliphatic rings. The highest BCUT2D eigenvalue weighted by Gasteiger charge is 2.42. The van der Waals surface area contributed by atoms with Gasteiger partial charge >= 0.3 is 0 Å². The number of benzene rings is 3. The fourth-order valence-corrected chi connectivity index (χ4v) is 4.38. The van der Waals surface area contributed by atoms with Crippen LogP contribution in [0.4, 0.5) is 10.1 Å². The number of phenolic OH excluding ortho intramolecular Hbond substituents is 1. The fourth-order valence-electron chi connectivity index (χ4n) is 4.04. The lowest BCUT2D eigenvalue weighted by Gasteiger charge is -2.27. The largest absolute Gasteiger partial charge is 0.508 e. The van der Waals surface area contributed by atoms with Gasteiger partial charge in [-0.05, 0) is 72.9 Å². The molecule has 31 heavy (non-hydrogen) atoms. The van der Waals surface area contributed by atoms with Crippen molar-refractivity contribution >= 4 is 23.1 Å². The molecule has 0 unspecified atom stereocenters. The minimum Gasteiger partial charge on any atom is -0.508 e. The Morgan fingerprint density at radius 1 is 0.968 bits per heavy atom. The van der Waals surface area contributed by atoms with Crippen molar-refractivity contribution in [3.05, 3.63) is 95.3 Å². The van der Waals surface area contributed by atoms with Crippen molar-refractivity contribution in [2.24, 2.45) is 0 Å². The molecular weight excluding hydrogens is 413 g/mol. The molecule has 160 valence electrons. The number of aliphatic hydroxyl groups excluding tert-OH is 1. The quantitative estimate of drug-likeness (QED) is 0.493. The number of hydrogen-bond acceptors (Lipinski definition) is 4. The molecule has 1 heterocycles. The van der Waals surface area contributed by atoms with Gasteiger partial charge in [-0.15, -0.1) is 0 Å². The van der Waals surface area contributed by atoms with Gasteiger partial charge in [0.05, 0.1) is 6.61 Å². The second kappa shape index (κ2) is 9.45. The topological polar surface area (TPSA) is 52.9 Å². The van der Waals surface area contributed by atoms with Crippen molar-refractivity contribution in [1.29, 1.82) is 0 Å². The second-order valence-corrected chi connectivity index (χ2v) is 7.99. The van der Waals surface area contributed by atoms with E-state index in [9.17, 15) is 14.6 Å². The number of aromatic hydroxyl groups is 1. The highest BCUT2D eigenvalue weighted by atomic mass is 32.1. The van der Waals surface area contributed by atoms with E-state index in [-0.39, 0.29) is 30.3 Å². The summed E-state index contributed by atoms with van der Waals surface area (Å²) >= 11 is 5.57. The zero-order valence-electron chi connectivity index (χ0n) is 16.9. The van der Waals surface area contributed by atoms with Crippen molar-refractivity contribution in [3.8, 4) is 5.75 Å². The van der Waals surface area contributed by atoms with E-state index in [0.29, 0.717) is 22.7 Å².